The SMILES string of the molecule is CCOCCS(=O)(=O)Nc1cc(C#CCCO)ccc1Cl. The summed E-state index contributed by atoms with van der Waals surface area (Å²) in [6.45, 7) is 2.37. The summed E-state index contributed by atoms with van der Waals surface area (Å²) in [6, 6.07) is 4.82. The van der Waals surface area contributed by atoms with Crippen LogP contribution in [0.5, 0.6) is 0 Å². The Hall–Kier alpha value is -1.26. The summed E-state index contributed by atoms with van der Waals surface area (Å²) in [4.78, 5) is 0. The Kier molecular flexibility index (Phi) is 7.54. The molecule has 0 aliphatic rings. The average Bonchev–Trinajstić information content (AvgIpc) is 2.42. The van der Waals surface area contributed by atoms with Crippen LogP contribution in [-0.2, 0) is 14.8 Å². The first kappa shape index (κ1) is 17.8. The second-order valence-corrected chi connectivity index (χ2v) is 6.34. The smallest absolute Gasteiger partial charge is 0.235 e. The van der Waals surface area contributed by atoms with Gasteiger partial charge in [0.05, 0.1) is 29.7 Å². The highest BCUT2D eigenvalue weighted by Crippen LogP contribution is 2.23. The van der Waals surface area contributed by atoms with Crippen LogP contribution in [0.3, 0.4) is 0 Å². The van der Waals surface area contributed by atoms with Gasteiger partial charge in [0.15, 0.2) is 0 Å². The van der Waals surface area contributed by atoms with Crippen LogP contribution in [0.15, 0.2) is 18.2 Å². The maximum Gasteiger partial charge on any atom is 0.235 e. The van der Waals surface area contributed by atoms with Crippen molar-refractivity contribution in [1.82, 2.24) is 0 Å². The van der Waals surface area contributed by atoms with Gasteiger partial charge in [-0.3, -0.25) is 4.72 Å². The van der Waals surface area contributed by atoms with Crippen molar-refractivity contribution in [2.75, 3.05) is 30.3 Å². The molecular formula is C14H18ClNO4S. The van der Waals surface area contributed by atoms with E-state index in [0.717, 1.165) is 0 Å². The summed E-state index contributed by atoms with van der Waals surface area (Å²) in [5.74, 6) is 5.44. The molecule has 0 aliphatic carbocycles. The second-order valence-electron chi connectivity index (χ2n) is 4.09. The minimum absolute atomic E-state index is 0.0164. The summed E-state index contributed by atoms with van der Waals surface area (Å²) >= 11 is 5.98. The van der Waals surface area contributed by atoms with Gasteiger partial charge in [0, 0.05) is 18.6 Å². The fraction of sp³-hybridized carbons (Fsp3) is 0.429. The summed E-state index contributed by atoms with van der Waals surface area (Å²) in [5, 5.41) is 8.97. The molecule has 0 amide bonds. The quantitative estimate of drug-likeness (QED) is 0.590. The van der Waals surface area contributed by atoms with Gasteiger partial charge < -0.3 is 9.84 Å². The van der Waals surface area contributed by atoms with Crippen molar-refractivity contribution in [3.05, 3.63) is 28.8 Å². The predicted molar refractivity (Wildman–Crippen MR) is 83.9 cm³/mol. The molecular weight excluding hydrogens is 314 g/mol. The molecule has 1 aromatic rings. The molecule has 0 saturated carbocycles. The van der Waals surface area contributed by atoms with E-state index in [9.17, 15) is 8.42 Å². The standard InChI is InChI=1S/C14H18ClNO4S/c1-2-20-9-10-21(18,19)16-14-11-12(5-3-4-8-17)6-7-13(14)15/h6-7,11,16-17H,2,4,8-10H2,1H3. The number of aliphatic hydroxyl groups is 1. The number of ether oxygens (including phenoxy) is 1. The molecule has 2 N–H and O–H groups in total. The molecule has 1 aromatic carbocycles. The van der Waals surface area contributed by atoms with Crippen molar-refractivity contribution >= 4 is 27.3 Å². The fourth-order valence-electron chi connectivity index (χ4n) is 1.43. The van der Waals surface area contributed by atoms with E-state index in [1.807, 2.05) is 0 Å². The molecule has 0 aliphatic heterocycles. The van der Waals surface area contributed by atoms with Crippen molar-refractivity contribution in [3.8, 4) is 11.8 Å². The number of hydrogen-bond acceptors (Lipinski definition) is 4. The number of nitrogens with one attached hydrogen (secondary N) is 1. The van der Waals surface area contributed by atoms with Gasteiger partial charge in [-0.2, -0.15) is 0 Å². The summed E-state index contributed by atoms with van der Waals surface area (Å²) in [5.41, 5.74) is 0.902. The monoisotopic (exact) mass is 331 g/mol. The Morgan fingerprint density at radius 2 is 2.19 bits per heavy atom. The maximum absolute atomic E-state index is 11.9. The Morgan fingerprint density at radius 1 is 1.43 bits per heavy atom. The fourth-order valence-corrected chi connectivity index (χ4v) is 2.60. The highest BCUT2D eigenvalue weighted by atomic mass is 35.5. The van der Waals surface area contributed by atoms with E-state index >= 15 is 0 Å². The molecule has 7 heteroatoms. The molecule has 0 aromatic heterocycles. The zero-order chi connectivity index (χ0) is 15.7. The Morgan fingerprint density at radius 3 is 2.86 bits per heavy atom. The molecule has 0 radical (unpaired) electrons. The van der Waals surface area contributed by atoms with Crippen LogP contribution in [0.2, 0.25) is 5.02 Å². The van der Waals surface area contributed by atoms with Crippen LogP contribution in [0.1, 0.15) is 18.9 Å². The maximum atomic E-state index is 11.9. The van der Waals surface area contributed by atoms with Gasteiger partial charge in [-0.15, -0.1) is 0 Å². The van der Waals surface area contributed by atoms with E-state index in [1.165, 1.54) is 0 Å². The van der Waals surface area contributed by atoms with Gasteiger partial charge in [-0.05, 0) is 25.1 Å². The minimum Gasteiger partial charge on any atom is -0.395 e. The highest BCUT2D eigenvalue weighted by molar-refractivity contribution is 7.92. The van der Waals surface area contributed by atoms with Crippen molar-refractivity contribution in [2.24, 2.45) is 0 Å². The number of hydrogen-bond donors (Lipinski definition) is 2. The molecule has 0 unspecified atom stereocenters. The Labute approximate surface area is 130 Å². The van der Waals surface area contributed by atoms with E-state index in [4.69, 9.17) is 21.4 Å². The Bertz CT molecular complexity index is 620. The van der Waals surface area contributed by atoms with Crippen molar-refractivity contribution in [1.29, 1.82) is 0 Å². The third kappa shape index (κ3) is 6.82. The molecule has 0 bridgehead atoms. The van der Waals surface area contributed by atoms with E-state index < -0.39 is 10.0 Å². The molecule has 0 saturated heterocycles. The number of rotatable bonds is 7. The lowest BCUT2D eigenvalue weighted by atomic mass is 10.2. The number of benzene rings is 1. The zero-order valence-corrected chi connectivity index (χ0v) is 13.3. The van der Waals surface area contributed by atoms with Gasteiger partial charge >= 0.3 is 0 Å². The van der Waals surface area contributed by atoms with E-state index in [1.54, 1.807) is 25.1 Å². The van der Waals surface area contributed by atoms with Crippen LogP contribution in [0.4, 0.5) is 5.69 Å². The van der Waals surface area contributed by atoms with E-state index in [2.05, 4.69) is 16.6 Å². The van der Waals surface area contributed by atoms with Gasteiger partial charge in [0.1, 0.15) is 0 Å². The second kappa shape index (κ2) is 8.90. The van der Waals surface area contributed by atoms with Crippen molar-refractivity contribution in [2.45, 2.75) is 13.3 Å². The largest absolute Gasteiger partial charge is 0.395 e. The van der Waals surface area contributed by atoms with Crippen LogP contribution in [0.25, 0.3) is 0 Å². The van der Waals surface area contributed by atoms with Crippen molar-refractivity contribution < 1.29 is 18.3 Å². The predicted octanol–water partition coefficient (Wildman–Crippen LogP) is 1.85. The van der Waals surface area contributed by atoms with E-state index in [0.29, 0.717) is 23.6 Å². The molecule has 0 fully saturated rings. The highest BCUT2D eigenvalue weighted by Gasteiger charge is 2.12. The first-order valence-electron chi connectivity index (χ1n) is 6.46. The number of anilines is 1. The normalized spacial score (nSPS) is 10.8. The number of halogens is 1. The third-order valence-electron chi connectivity index (χ3n) is 2.40. The lowest BCUT2D eigenvalue weighted by Gasteiger charge is -2.10. The molecule has 5 nitrogen and oxygen atoms in total. The molecule has 0 heterocycles. The Balaban J connectivity index is 2.83. The minimum atomic E-state index is -3.52. The lowest BCUT2D eigenvalue weighted by molar-refractivity contribution is 0.163. The van der Waals surface area contributed by atoms with Gasteiger partial charge in [0.2, 0.25) is 10.0 Å². The molecule has 0 spiro atoms. The van der Waals surface area contributed by atoms with Gasteiger partial charge in [-0.1, -0.05) is 23.4 Å². The molecule has 116 valence electrons. The van der Waals surface area contributed by atoms with E-state index in [-0.39, 0.29) is 24.7 Å². The molecule has 1 rings (SSSR count). The third-order valence-corrected chi connectivity index (χ3v) is 3.97. The van der Waals surface area contributed by atoms with Crippen LogP contribution < -0.4 is 4.72 Å². The summed E-state index contributed by atoms with van der Waals surface area (Å²) < 4.78 is 31.2. The topological polar surface area (TPSA) is 75.6 Å². The first-order valence-corrected chi connectivity index (χ1v) is 8.49. The first-order chi connectivity index (χ1) is 9.98. The van der Waals surface area contributed by atoms with Gasteiger partial charge in [-0.25, -0.2) is 8.42 Å². The average molecular weight is 332 g/mol. The van der Waals surface area contributed by atoms with Crippen molar-refractivity contribution in [3.63, 3.8) is 0 Å². The number of aliphatic hydroxyl groups excluding tert-OH is 1. The van der Waals surface area contributed by atoms with Crippen LogP contribution in [0, 0.1) is 11.8 Å². The summed E-state index contributed by atoms with van der Waals surface area (Å²) in [6.07, 6.45) is 0.359. The zero-order valence-electron chi connectivity index (χ0n) is 11.7. The van der Waals surface area contributed by atoms with Gasteiger partial charge in [0.25, 0.3) is 0 Å². The lowest BCUT2D eigenvalue weighted by Crippen LogP contribution is -2.20. The van der Waals surface area contributed by atoms with Crippen LogP contribution >= 0.6 is 11.6 Å². The summed E-state index contributed by atoms with van der Waals surface area (Å²) in [7, 11) is -3.52. The molecule has 0 atom stereocenters. The number of sulfonamides is 1. The molecule has 21 heavy (non-hydrogen) atoms. The van der Waals surface area contributed by atoms with Crippen LogP contribution in [-0.4, -0.2) is 39.1 Å².